The SMILES string of the molecule is CCC(=O)c1ccccc1N(C)c1cc(C)cc(C)c1. The van der Waals surface area contributed by atoms with Crippen molar-refractivity contribution in [3.63, 3.8) is 0 Å². The minimum absolute atomic E-state index is 0.178. The second-order valence-corrected chi connectivity index (χ2v) is 5.20. The quantitative estimate of drug-likeness (QED) is 0.751. The van der Waals surface area contributed by atoms with Crippen molar-refractivity contribution >= 4 is 17.2 Å². The number of carbonyl (C=O) groups excluding carboxylic acids is 1. The van der Waals surface area contributed by atoms with Crippen molar-refractivity contribution in [2.24, 2.45) is 0 Å². The molecule has 0 unspecified atom stereocenters. The standard InChI is InChI=1S/C18H21NO/c1-5-18(20)16-8-6-7-9-17(16)19(4)15-11-13(2)10-14(3)12-15/h6-12H,5H2,1-4H3. The Bertz CT molecular complexity index is 611. The van der Waals surface area contributed by atoms with E-state index in [1.807, 2.05) is 38.2 Å². The van der Waals surface area contributed by atoms with E-state index in [0.29, 0.717) is 6.42 Å². The summed E-state index contributed by atoms with van der Waals surface area (Å²) >= 11 is 0. The predicted molar refractivity (Wildman–Crippen MR) is 85.0 cm³/mol. The summed E-state index contributed by atoms with van der Waals surface area (Å²) in [7, 11) is 2.01. The van der Waals surface area contributed by atoms with E-state index in [2.05, 4.69) is 36.9 Å². The molecule has 2 nitrogen and oxygen atoms in total. The third kappa shape index (κ3) is 2.90. The monoisotopic (exact) mass is 267 g/mol. The van der Waals surface area contributed by atoms with Crippen molar-refractivity contribution in [2.45, 2.75) is 27.2 Å². The van der Waals surface area contributed by atoms with Gasteiger partial charge in [0.05, 0.1) is 5.69 Å². The van der Waals surface area contributed by atoms with Crippen molar-refractivity contribution in [3.05, 3.63) is 59.2 Å². The molecule has 2 heteroatoms. The smallest absolute Gasteiger partial charge is 0.164 e. The Morgan fingerprint density at radius 2 is 1.65 bits per heavy atom. The molecule has 0 fully saturated rings. The molecule has 2 rings (SSSR count). The molecular formula is C18H21NO. The molecule has 0 bridgehead atoms. The van der Waals surface area contributed by atoms with Crippen LogP contribution in [-0.2, 0) is 0 Å². The molecule has 0 atom stereocenters. The first-order chi connectivity index (χ1) is 9.52. The Kier molecular flexibility index (Phi) is 4.23. The molecule has 0 aromatic heterocycles. The van der Waals surface area contributed by atoms with Crippen LogP contribution < -0.4 is 4.90 Å². The number of benzene rings is 2. The average Bonchev–Trinajstić information content (AvgIpc) is 2.44. The maximum absolute atomic E-state index is 12.1. The van der Waals surface area contributed by atoms with E-state index in [1.54, 1.807) is 0 Å². The fourth-order valence-corrected chi connectivity index (χ4v) is 2.48. The summed E-state index contributed by atoms with van der Waals surface area (Å²) in [5.74, 6) is 0.178. The molecule has 0 aliphatic carbocycles. The highest BCUT2D eigenvalue weighted by molar-refractivity contribution is 6.01. The molecule has 0 spiro atoms. The van der Waals surface area contributed by atoms with Gasteiger partial charge in [-0.3, -0.25) is 4.79 Å². The molecule has 0 N–H and O–H groups in total. The molecule has 0 aliphatic rings. The Morgan fingerprint density at radius 1 is 1.05 bits per heavy atom. The second kappa shape index (κ2) is 5.91. The third-order valence-electron chi connectivity index (χ3n) is 3.48. The molecular weight excluding hydrogens is 246 g/mol. The van der Waals surface area contributed by atoms with Crippen LogP contribution in [0.5, 0.6) is 0 Å². The fraction of sp³-hybridized carbons (Fsp3) is 0.278. The summed E-state index contributed by atoms with van der Waals surface area (Å²) in [6, 6.07) is 14.2. The number of nitrogens with zero attached hydrogens (tertiary/aromatic N) is 1. The van der Waals surface area contributed by atoms with Crippen molar-refractivity contribution in [3.8, 4) is 0 Å². The normalized spacial score (nSPS) is 10.4. The molecule has 0 aliphatic heterocycles. The van der Waals surface area contributed by atoms with Gasteiger partial charge in [-0.15, -0.1) is 0 Å². The number of rotatable bonds is 4. The van der Waals surface area contributed by atoms with Crippen LogP contribution in [-0.4, -0.2) is 12.8 Å². The Hall–Kier alpha value is -2.09. The van der Waals surface area contributed by atoms with Crippen molar-refractivity contribution in [1.82, 2.24) is 0 Å². The molecule has 0 saturated carbocycles. The van der Waals surface area contributed by atoms with E-state index in [9.17, 15) is 4.79 Å². The zero-order valence-electron chi connectivity index (χ0n) is 12.6. The number of carbonyl (C=O) groups is 1. The summed E-state index contributed by atoms with van der Waals surface area (Å²) in [5, 5.41) is 0. The van der Waals surface area contributed by atoms with E-state index < -0.39 is 0 Å². The van der Waals surface area contributed by atoms with Gasteiger partial charge in [-0.05, 0) is 49.2 Å². The van der Waals surface area contributed by atoms with Gasteiger partial charge in [-0.25, -0.2) is 0 Å². The maximum atomic E-state index is 12.1. The van der Waals surface area contributed by atoms with Gasteiger partial charge in [0, 0.05) is 24.7 Å². The molecule has 0 heterocycles. The number of anilines is 2. The lowest BCUT2D eigenvalue weighted by molar-refractivity contribution is 0.0989. The van der Waals surface area contributed by atoms with Crippen LogP contribution in [0.2, 0.25) is 0 Å². The van der Waals surface area contributed by atoms with Crippen LogP contribution in [0.15, 0.2) is 42.5 Å². The van der Waals surface area contributed by atoms with Crippen LogP contribution in [0.25, 0.3) is 0 Å². The van der Waals surface area contributed by atoms with Crippen LogP contribution in [0.4, 0.5) is 11.4 Å². The molecule has 0 amide bonds. The van der Waals surface area contributed by atoms with Crippen LogP contribution in [0.1, 0.15) is 34.8 Å². The highest BCUT2D eigenvalue weighted by Crippen LogP contribution is 2.29. The molecule has 0 saturated heterocycles. The molecule has 20 heavy (non-hydrogen) atoms. The van der Waals surface area contributed by atoms with Gasteiger partial charge in [-0.2, -0.15) is 0 Å². The average molecular weight is 267 g/mol. The summed E-state index contributed by atoms with van der Waals surface area (Å²) in [6.45, 7) is 6.08. The summed E-state index contributed by atoms with van der Waals surface area (Å²) < 4.78 is 0. The maximum Gasteiger partial charge on any atom is 0.164 e. The Labute approximate surface area is 121 Å². The first-order valence-electron chi connectivity index (χ1n) is 6.97. The summed E-state index contributed by atoms with van der Waals surface area (Å²) in [6.07, 6.45) is 0.525. The van der Waals surface area contributed by atoms with Gasteiger partial charge in [0.15, 0.2) is 5.78 Å². The van der Waals surface area contributed by atoms with E-state index >= 15 is 0 Å². The van der Waals surface area contributed by atoms with Crippen molar-refractivity contribution < 1.29 is 4.79 Å². The Morgan fingerprint density at radius 3 is 2.25 bits per heavy atom. The van der Waals surface area contributed by atoms with Crippen molar-refractivity contribution in [1.29, 1.82) is 0 Å². The summed E-state index contributed by atoms with van der Waals surface area (Å²) in [5.41, 5.74) is 5.32. The van der Waals surface area contributed by atoms with Crippen LogP contribution >= 0.6 is 0 Å². The van der Waals surface area contributed by atoms with Crippen LogP contribution in [0, 0.1) is 13.8 Å². The fourth-order valence-electron chi connectivity index (χ4n) is 2.48. The second-order valence-electron chi connectivity index (χ2n) is 5.20. The first kappa shape index (κ1) is 14.3. The van der Waals surface area contributed by atoms with E-state index in [4.69, 9.17) is 0 Å². The van der Waals surface area contributed by atoms with Crippen LogP contribution in [0.3, 0.4) is 0 Å². The zero-order valence-corrected chi connectivity index (χ0v) is 12.6. The predicted octanol–water partition coefficient (Wildman–Crippen LogP) is 4.66. The van der Waals surface area contributed by atoms with E-state index in [-0.39, 0.29) is 5.78 Å². The topological polar surface area (TPSA) is 20.3 Å². The molecule has 0 radical (unpaired) electrons. The zero-order chi connectivity index (χ0) is 14.7. The van der Waals surface area contributed by atoms with Gasteiger partial charge >= 0.3 is 0 Å². The Balaban J connectivity index is 2.48. The molecule has 2 aromatic rings. The van der Waals surface area contributed by atoms with Gasteiger partial charge in [0.1, 0.15) is 0 Å². The number of Topliss-reactive ketones (excluding diaryl/α,β-unsaturated/α-hetero) is 1. The van der Waals surface area contributed by atoms with Gasteiger partial charge < -0.3 is 4.90 Å². The highest BCUT2D eigenvalue weighted by atomic mass is 16.1. The number of aryl methyl sites for hydroxylation is 2. The van der Waals surface area contributed by atoms with Gasteiger partial charge in [0.25, 0.3) is 0 Å². The lowest BCUT2D eigenvalue weighted by Gasteiger charge is -2.23. The number of ketones is 1. The third-order valence-corrected chi connectivity index (χ3v) is 3.48. The number of hydrogen-bond acceptors (Lipinski definition) is 2. The highest BCUT2D eigenvalue weighted by Gasteiger charge is 2.13. The first-order valence-corrected chi connectivity index (χ1v) is 6.97. The summed E-state index contributed by atoms with van der Waals surface area (Å²) in [4.78, 5) is 14.2. The lowest BCUT2D eigenvalue weighted by atomic mass is 10.0. The molecule has 104 valence electrons. The lowest BCUT2D eigenvalue weighted by Crippen LogP contribution is -2.14. The van der Waals surface area contributed by atoms with Crippen molar-refractivity contribution in [2.75, 3.05) is 11.9 Å². The molecule has 2 aromatic carbocycles. The number of para-hydroxylation sites is 1. The van der Waals surface area contributed by atoms with E-state index in [1.165, 1.54) is 11.1 Å². The van der Waals surface area contributed by atoms with E-state index in [0.717, 1.165) is 16.9 Å². The van der Waals surface area contributed by atoms with Gasteiger partial charge in [-0.1, -0.05) is 25.1 Å². The van der Waals surface area contributed by atoms with Gasteiger partial charge in [0.2, 0.25) is 0 Å². The largest absolute Gasteiger partial charge is 0.344 e. The minimum atomic E-state index is 0.178. The minimum Gasteiger partial charge on any atom is -0.344 e. The number of hydrogen-bond donors (Lipinski definition) is 0.